The minimum Gasteiger partial charge on any atom is -0.387 e. The molecular formula is C32H37BrN4O. The number of aliphatic imine (C=N–C) groups is 2. The number of aldehydes is 1. The highest BCUT2D eigenvalue weighted by Gasteiger charge is 2.06. The Morgan fingerprint density at radius 2 is 1.53 bits per heavy atom. The number of nitrogens with one attached hydrogen (secondary N) is 2. The third kappa shape index (κ3) is 10.4. The van der Waals surface area contributed by atoms with Gasteiger partial charge in [-0.1, -0.05) is 78.9 Å². The van der Waals surface area contributed by atoms with E-state index in [2.05, 4.69) is 75.7 Å². The van der Waals surface area contributed by atoms with Crippen LogP contribution in [-0.4, -0.2) is 45.4 Å². The van der Waals surface area contributed by atoms with Gasteiger partial charge in [-0.25, -0.2) is 0 Å². The lowest BCUT2D eigenvalue weighted by molar-refractivity contribution is 0.112. The van der Waals surface area contributed by atoms with Crippen molar-refractivity contribution in [1.82, 2.24) is 10.6 Å². The number of likely N-dealkylation sites (N-methyl/N-ethyl adjacent to an activating group) is 1. The van der Waals surface area contributed by atoms with E-state index in [1.54, 1.807) is 13.3 Å². The van der Waals surface area contributed by atoms with Gasteiger partial charge in [0.25, 0.3) is 0 Å². The molecule has 0 fully saturated rings. The molecule has 0 unspecified atom stereocenters. The fraction of sp³-hybridized carbons (Fsp3) is 0.219. The van der Waals surface area contributed by atoms with E-state index >= 15 is 0 Å². The zero-order valence-corrected chi connectivity index (χ0v) is 24.4. The van der Waals surface area contributed by atoms with E-state index in [9.17, 15) is 4.79 Å². The summed E-state index contributed by atoms with van der Waals surface area (Å²) in [5.74, 6) is 0. The van der Waals surface area contributed by atoms with Gasteiger partial charge in [0.1, 0.15) is 6.29 Å². The second-order valence-corrected chi connectivity index (χ2v) is 9.45. The summed E-state index contributed by atoms with van der Waals surface area (Å²) in [6.45, 7) is 7.93. The van der Waals surface area contributed by atoms with Crippen molar-refractivity contribution in [2.75, 3.05) is 27.2 Å². The van der Waals surface area contributed by atoms with Crippen molar-refractivity contribution in [3.8, 4) is 11.1 Å². The van der Waals surface area contributed by atoms with Gasteiger partial charge in [0, 0.05) is 43.2 Å². The maximum atomic E-state index is 10.5. The largest absolute Gasteiger partial charge is 0.387 e. The molecule has 6 heteroatoms. The molecule has 38 heavy (non-hydrogen) atoms. The summed E-state index contributed by atoms with van der Waals surface area (Å²) in [6.07, 6.45) is 4.70. The van der Waals surface area contributed by atoms with Crippen LogP contribution in [0.2, 0.25) is 0 Å². The van der Waals surface area contributed by atoms with Crippen molar-refractivity contribution in [1.29, 1.82) is 0 Å². The number of hydrogen-bond donors (Lipinski definition) is 2. The van der Waals surface area contributed by atoms with Crippen LogP contribution in [0.1, 0.15) is 35.3 Å². The molecular weight excluding hydrogens is 536 g/mol. The molecule has 0 radical (unpaired) electrons. The number of benzene rings is 3. The topological polar surface area (TPSA) is 65.8 Å². The first-order valence-corrected chi connectivity index (χ1v) is 13.3. The quantitative estimate of drug-likeness (QED) is 0.156. The number of hydrogen-bond acceptors (Lipinski definition) is 5. The summed E-state index contributed by atoms with van der Waals surface area (Å²) in [5, 5.41) is 6.52. The Labute approximate surface area is 235 Å². The number of rotatable bonds is 10. The smallest absolute Gasteiger partial charge is 0.150 e. The molecule has 0 aliphatic rings. The Kier molecular flexibility index (Phi) is 13.7. The number of nitrogens with zero attached hydrogens (tertiary/aromatic N) is 2. The Bertz CT molecular complexity index is 1280. The zero-order chi connectivity index (χ0) is 27.8. The lowest BCUT2D eigenvalue weighted by atomic mass is 10.0. The van der Waals surface area contributed by atoms with Crippen molar-refractivity contribution in [2.24, 2.45) is 9.98 Å². The van der Waals surface area contributed by atoms with Crippen molar-refractivity contribution in [3.05, 3.63) is 118 Å². The van der Waals surface area contributed by atoms with Gasteiger partial charge in [-0.2, -0.15) is 0 Å². The molecule has 198 valence electrons. The van der Waals surface area contributed by atoms with Crippen LogP contribution < -0.4 is 10.6 Å². The summed E-state index contributed by atoms with van der Waals surface area (Å²) in [6, 6.07) is 26.0. The third-order valence-electron chi connectivity index (χ3n) is 5.58. The molecule has 0 amide bonds. The summed E-state index contributed by atoms with van der Waals surface area (Å²) in [4.78, 5) is 19.3. The maximum absolute atomic E-state index is 10.5. The lowest BCUT2D eigenvalue weighted by Gasteiger charge is -2.10. The van der Waals surface area contributed by atoms with Crippen molar-refractivity contribution in [3.63, 3.8) is 0 Å². The van der Waals surface area contributed by atoms with Crippen LogP contribution in [0.15, 0.2) is 111 Å². The lowest BCUT2D eigenvalue weighted by Crippen LogP contribution is -2.24. The number of carbonyl (C=O) groups is 1. The minimum atomic E-state index is 0.713. The van der Waals surface area contributed by atoms with Crippen LogP contribution in [-0.2, 0) is 0 Å². The first kappa shape index (κ1) is 30.6. The molecule has 0 saturated carbocycles. The van der Waals surface area contributed by atoms with Gasteiger partial charge >= 0.3 is 0 Å². The maximum Gasteiger partial charge on any atom is 0.150 e. The zero-order valence-electron chi connectivity index (χ0n) is 22.8. The van der Waals surface area contributed by atoms with E-state index in [1.807, 2.05) is 68.6 Å². The average Bonchev–Trinajstić information content (AvgIpc) is 2.94. The highest BCUT2D eigenvalue weighted by molar-refractivity contribution is 9.12. The van der Waals surface area contributed by atoms with Crippen LogP contribution in [0.25, 0.3) is 11.1 Å². The summed E-state index contributed by atoms with van der Waals surface area (Å²) >= 11 is 3.52. The third-order valence-corrected chi connectivity index (χ3v) is 6.36. The molecule has 0 aliphatic heterocycles. The second kappa shape index (κ2) is 17.0. The molecule has 0 bridgehead atoms. The van der Waals surface area contributed by atoms with Gasteiger partial charge in [-0.3, -0.25) is 14.8 Å². The van der Waals surface area contributed by atoms with Crippen LogP contribution in [0.3, 0.4) is 0 Å². The van der Waals surface area contributed by atoms with Gasteiger partial charge in [-0.05, 0) is 66.5 Å². The highest BCUT2D eigenvalue weighted by Crippen LogP contribution is 2.19. The van der Waals surface area contributed by atoms with Gasteiger partial charge in [0.15, 0.2) is 0 Å². The van der Waals surface area contributed by atoms with Gasteiger partial charge in [0.05, 0.1) is 15.9 Å². The predicted octanol–water partition coefficient (Wildman–Crippen LogP) is 6.99. The van der Waals surface area contributed by atoms with Gasteiger partial charge < -0.3 is 10.6 Å². The molecule has 5 nitrogen and oxygen atoms in total. The fourth-order valence-corrected chi connectivity index (χ4v) is 3.79. The van der Waals surface area contributed by atoms with Crippen molar-refractivity contribution in [2.45, 2.75) is 20.8 Å². The van der Waals surface area contributed by atoms with E-state index in [0.29, 0.717) is 5.56 Å². The first-order chi connectivity index (χ1) is 18.4. The normalized spacial score (nSPS) is 12.5. The molecule has 0 atom stereocenters. The van der Waals surface area contributed by atoms with E-state index < -0.39 is 0 Å². The molecule has 3 rings (SSSR count). The van der Waals surface area contributed by atoms with Crippen LogP contribution in [0, 0.1) is 6.92 Å². The number of aryl methyl sites for hydroxylation is 1. The van der Waals surface area contributed by atoms with E-state index in [1.165, 1.54) is 11.1 Å². The average molecular weight is 574 g/mol. The van der Waals surface area contributed by atoms with Gasteiger partial charge in [0.2, 0.25) is 0 Å². The Morgan fingerprint density at radius 1 is 0.895 bits per heavy atom. The molecule has 0 saturated heterocycles. The highest BCUT2D eigenvalue weighted by atomic mass is 79.9. The van der Waals surface area contributed by atoms with E-state index in [4.69, 9.17) is 4.99 Å². The SMILES string of the molecule is CN=C/C(Br)=C(C)/N=C(\C=C(/C)NCCNC)c1ccccc1C.O=Cc1ccc(-c2ccccc2)cc1. The first-order valence-electron chi connectivity index (χ1n) is 12.5. The van der Waals surface area contributed by atoms with Gasteiger partial charge in [-0.15, -0.1) is 0 Å². The molecule has 3 aromatic rings. The number of halogens is 1. The molecule has 0 spiro atoms. The fourth-order valence-electron chi connectivity index (χ4n) is 3.50. The molecule has 0 aromatic heterocycles. The Balaban J connectivity index is 0.000000304. The molecule has 3 aromatic carbocycles. The van der Waals surface area contributed by atoms with Crippen molar-refractivity contribution < 1.29 is 4.79 Å². The predicted molar refractivity (Wildman–Crippen MR) is 167 cm³/mol. The van der Waals surface area contributed by atoms with Crippen LogP contribution >= 0.6 is 15.9 Å². The monoisotopic (exact) mass is 572 g/mol. The van der Waals surface area contributed by atoms with Crippen LogP contribution in [0.5, 0.6) is 0 Å². The number of carbonyl (C=O) groups excluding carboxylic acids is 1. The van der Waals surface area contributed by atoms with Crippen LogP contribution in [0.4, 0.5) is 0 Å². The van der Waals surface area contributed by atoms with Crippen molar-refractivity contribution >= 4 is 34.1 Å². The standard InChI is InChI=1S/C19H27BrN4.C13H10O/c1-14-8-6-7-9-17(14)19(12-15(2)23-11-10-21-4)24-16(3)18(20)13-22-5;14-10-11-6-8-13(9-7-11)12-4-2-1-3-5-12/h6-9,12-13,21,23H,10-11H2,1-5H3;1-10H/b15-12+,18-16-,22-13?,24-19+;. The van der Waals surface area contributed by atoms with E-state index in [0.717, 1.165) is 52.1 Å². The summed E-state index contributed by atoms with van der Waals surface area (Å²) < 4.78 is 0.880. The summed E-state index contributed by atoms with van der Waals surface area (Å²) in [5.41, 5.74) is 8.25. The molecule has 0 heterocycles. The summed E-state index contributed by atoms with van der Waals surface area (Å²) in [7, 11) is 3.69. The molecule has 2 N–H and O–H groups in total. The number of allylic oxidation sites excluding steroid dienone is 4. The second-order valence-electron chi connectivity index (χ2n) is 8.60. The minimum absolute atomic E-state index is 0.713. The molecule has 0 aliphatic carbocycles. The Hall–Kier alpha value is -3.61. The van der Waals surface area contributed by atoms with E-state index in [-0.39, 0.29) is 0 Å². The Morgan fingerprint density at radius 3 is 2.13 bits per heavy atom.